The largest absolute Gasteiger partial charge is 0.508 e. The number of rotatable bonds is 9. The van der Waals surface area contributed by atoms with E-state index in [1.807, 2.05) is 36.4 Å². The molecule has 7 rings (SSSR count). The van der Waals surface area contributed by atoms with Crippen molar-refractivity contribution in [3.8, 4) is 50.6 Å². The first-order valence-electron chi connectivity index (χ1n) is 18.6. The van der Waals surface area contributed by atoms with Gasteiger partial charge in [-0.25, -0.2) is 0 Å². The fraction of sp³-hybridized carbons (Fsp3) is 0.176. The molecule has 0 aliphatic rings. The van der Waals surface area contributed by atoms with Crippen molar-refractivity contribution in [3.63, 3.8) is 0 Å². The molecule has 0 aliphatic carbocycles. The molecule has 0 saturated carbocycles. The smallest absolute Gasteiger partial charge is 0.115 e. The lowest BCUT2D eigenvalue weighted by Gasteiger charge is -2.27. The molecule has 3 nitrogen and oxygen atoms in total. The number of benzene rings is 7. The summed E-state index contributed by atoms with van der Waals surface area (Å²) in [5.74, 6) is 0.811. The van der Waals surface area contributed by atoms with E-state index in [9.17, 15) is 15.3 Å². The molecule has 0 aromatic heterocycles. The van der Waals surface area contributed by atoms with Crippen LogP contribution in [0.25, 0.3) is 33.4 Å². The first-order chi connectivity index (χ1) is 25.7. The minimum Gasteiger partial charge on any atom is -0.508 e. The first kappa shape index (κ1) is 36.3. The van der Waals surface area contributed by atoms with Gasteiger partial charge < -0.3 is 15.3 Å². The minimum absolute atomic E-state index is 0.232. The zero-order chi connectivity index (χ0) is 38.3. The molecule has 54 heavy (non-hydrogen) atoms. The number of hydrogen-bond donors (Lipinski definition) is 3. The van der Waals surface area contributed by atoms with Gasteiger partial charge in [0.1, 0.15) is 17.2 Å². The summed E-state index contributed by atoms with van der Waals surface area (Å²) in [5.41, 5.74) is 13.2. The molecule has 7 aromatic rings. The molecule has 0 atom stereocenters. The van der Waals surface area contributed by atoms with E-state index in [1.54, 1.807) is 36.4 Å². The molecule has 3 heteroatoms. The summed E-state index contributed by atoms with van der Waals surface area (Å²) >= 11 is 0. The Morgan fingerprint density at radius 2 is 0.407 bits per heavy atom. The summed E-state index contributed by atoms with van der Waals surface area (Å²) in [4.78, 5) is 0. The summed E-state index contributed by atoms with van der Waals surface area (Å²) in [7, 11) is 0. The highest BCUT2D eigenvalue weighted by Crippen LogP contribution is 2.39. The summed E-state index contributed by atoms with van der Waals surface area (Å²) in [5, 5.41) is 29.6. The van der Waals surface area contributed by atoms with Crippen molar-refractivity contribution in [1.29, 1.82) is 0 Å². The van der Waals surface area contributed by atoms with Gasteiger partial charge in [-0.15, -0.1) is 0 Å². The van der Waals surface area contributed by atoms with Crippen LogP contribution in [0, 0.1) is 0 Å². The van der Waals surface area contributed by atoms with Crippen LogP contribution in [0.1, 0.15) is 74.9 Å². The topological polar surface area (TPSA) is 60.7 Å². The van der Waals surface area contributed by atoms with Gasteiger partial charge in [0.25, 0.3) is 0 Å². The third-order valence-electron chi connectivity index (χ3n) is 11.5. The Balaban J connectivity index is 1.27. The quantitative estimate of drug-likeness (QED) is 0.140. The van der Waals surface area contributed by atoms with Gasteiger partial charge in [0, 0.05) is 16.2 Å². The van der Waals surface area contributed by atoms with Crippen molar-refractivity contribution in [2.45, 2.75) is 57.8 Å². The third kappa shape index (κ3) is 7.15. The molecule has 0 heterocycles. The monoisotopic (exact) mass is 708 g/mol. The molecule has 0 spiro atoms. The molecule has 0 bridgehead atoms. The Kier molecular flexibility index (Phi) is 9.45. The molecule has 7 aromatic carbocycles. The zero-order valence-electron chi connectivity index (χ0n) is 31.9. The van der Waals surface area contributed by atoms with E-state index in [-0.39, 0.29) is 33.5 Å². The second-order valence-electron chi connectivity index (χ2n) is 16.0. The van der Waals surface area contributed by atoms with Crippen molar-refractivity contribution in [2.75, 3.05) is 0 Å². The lowest BCUT2D eigenvalue weighted by molar-refractivity contribution is 0.474. The highest BCUT2D eigenvalue weighted by molar-refractivity contribution is 5.81. The lowest BCUT2D eigenvalue weighted by Crippen LogP contribution is -2.18. The Morgan fingerprint density at radius 1 is 0.241 bits per heavy atom. The zero-order valence-corrected chi connectivity index (χ0v) is 31.9. The van der Waals surface area contributed by atoms with Gasteiger partial charge in [-0.05, 0) is 121 Å². The van der Waals surface area contributed by atoms with Crippen LogP contribution >= 0.6 is 0 Å². The standard InChI is InChI=1S/C51H48O3/c1-49(2,43-19-25-46(52)26-20-43)40-13-7-34(8-14-40)37-31-38(35-9-15-41(16-10-35)50(3,4)44-21-27-47(53)28-22-44)33-39(32-37)36-11-17-42(18-12-36)51(5,6)45-23-29-48(54)30-24-45/h7-33,52-54H,1-6H3. The van der Waals surface area contributed by atoms with Crippen LogP contribution in [0.15, 0.2) is 164 Å². The van der Waals surface area contributed by atoms with Crippen LogP contribution in [0.2, 0.25) is 0 Å². The maximum atomic E-state index is 9.86. The number of phenolic OH excluding ortho intramolecular Hbond substituents is 3. The van der Waals surface area contributed by atoms with Gasteiger partial charge in [0.2, 0.25) is 0 Å². The second kappa shape index (κ2) is 14.1. The van der Waals surface area contributed by atoms with E-state index in [0.717, 1.165) is 50.1 Å². The van der Waals surface area contributed by atoms with Gasteiger partial charge in [-0.2, -0.15) is 0 Å². The van der Waals surface area contributed by atoms with E-state index in [4.69, 9.17) is 0 Å². The predicted octanol–water partition coefficient (Wildman–Crippen LogP) is 12.8. The van der Waals surface area contributed by atoms with Gasteiger partial charge in [0.15, 0.2) is 0 Å². The van der Waals surface area contributed by atoms with E-state index in [1.165, 1.54) is 16.7 Å². The van der Waals surface area contributed by atoms with Crippen LogP contribution in [0.3, 0.4) is 0 Å². The van der Waals surface area contributed by atoms with Crippen LogP contribution in [-0.4, -0.2) is 15.3 Å². The summed E-state index contributed by atoms with van der Waals surface area (Å²) in [6.07, 6.45) is 0. The van der Waals surface area contributed by atoms with Crippen molar-refractivity contribution >= 4 is 0 Å². The predicted molar refractivity (Wildman–Crippen MR) is 223 cm³/mol. The maximum absolute atomic E-state index is 9.86. The van der Waals surface area contributed by atoms with Crippen LogP contribution in [-0.2, 0) is 16.2 Å². The highest BCUT2D eigenvalue weighted by atomic mass is 16.3. The average molecular weight is 709 g/mol. The van der Waals surface area contributed by atoms with Crippen LogP contribution in [0.5, 0.6) is 17.2 Å². The second-order valence-corrected chi connectivity index (χ2v) is 16.0. The van der Waals surface area contributed by atoms with Crippen molar-refractivity contribution in [1.82, 2.24) is 0 Å². The third-order valence-corrected chi connectivity index (χ3v) is 11.5. The highest BCUT2D eigenvalue weighted by Gasteiger charge is 2.26. The normalized spacial score (nSPS) is 12.1. The van der Waals surface area contributed by atoms with Crippen molar-refractivity contribution in [2.24, 2.45) is 0 Å². The molecule has 0 radical (unpaired) electrons. The minimum atomic E-state index is -0.232. The molecular weight excluding hydrogens is 661 g/mol. The SMILES string of the molecule is CC(C)(c1ccc(O)cc1)c1ccc(-c2cc(-c3ccc(C(C)(C)c4ccc(O)cc4)cc3)cc(-c3ccc(C(C)(C)c4ccc(O)cc4)cc3)c2)cc1. The molecule has 3 N–H and O–H groups in total. The Bertz CT molecular complexity index is 2080. The van der Waals surface area contributed by atoms with Crippen molar-refractivity contribution in [3.05, 3.63) is 197 Å². The Morgan fingerprint density at radius 3 is 0.593 bits per heavy atom. The molecule has 0 aliphatic heterocycles. The molecular formula is C51H48O3. The number of phenols is 3. The van der Waals surface area contributed by atoms with Gasteiger partial charge >= 0.3 is 0 Å². The van der Waals surface area contributed by atoms with Crippen LogP contribution in [0.4, 0.5) is 0 Å². The molecule has 0 fully saturated rings. The molecule has 0 unspecified atom stereocenters. The number of hydrogen-bond acceptors (Lipinski definition) is 3. The van der Waals surface area contributed by atoms with Gasteiger partial charge in [0.05, 0.1) is 0 Å². The van der Waals surface area contributed by atoms with E-state index in [0.29, 0.717) is 0 Å². The molecule has 270 valence electrons. The first-order valence-corrected chi connectivity index (χ1v) is 18.6. The van der Waals surface area contributed by atoms with E-state index in [2.05, 4.69) is 133 Å². The van der Waals surface area contributed by atoms with E-state index < -0.39 is 0 Å². The Hall–Kier alpha value is -6.06. The Labute approximate surface area is 319 Å². The molecule has 0 saturated heterocycles. The fourth-order valence-electron chi connectivity index (χ4n) is 7.50. The summed E-state index contributed by atoms with van der Waals surface area (Å²) in [6.45, 7) is 13.3. The van der Waals surface area contributed by atoms with Gasteiger partial charge in [-0.3, -0.25) is 0 Å². The number of aromatic hydroxyl groups is 3. The van der Waals surface area contributed by atoms with Crippen LogP contribution < -0.4 is 0 Å². The summed E-state index contributed by atoms with van der Waals surface area (Å²) in [6, 6.07) is 55.9. The van der Waals surface area contributed by atoms with E-state index >= 15 is 0 Å². The fourth-order valence-corrected chi connectivity index (χ4v) is 7.50. The lowest BCUT2D eigenvalue weighted by atomic mass is 9.77. The summed E-state index contributed by atoms with van der Waals surface area (Å²) < 4.78 is 0. The maximum Gasteiger partial charge on any atom is 0.115 e. The average Bonchev–Trinajstić information content (AvgIpc) is 3.18. The van der Waals surface area contributed by atoms with Gasteiger partial charge in [-0.1, -0.05) is 151 Å². The van der Waals surface area contributed by atoms with Crippen molar-refractivity contribution < 1.29 is 15.3 Å². The molecule has 0 amide bonds.